The Labute approximate surface area is 286 Å². The highest BCUT2D eigenvalue weighted by molar-refractivity contribution is 7.44. The van der Waals surface area contributed by atoms with Crippen LogP contribution in [0.1, 0.15) is 56.3 Å². The average Bonchev–Trinajstić information content (AvgIpc) is 3.66. The largest absolute Gasteiger partial charge is 0.497 e. The molecule has 0 spiro atoms. The van der Waals surface area contributed by atoms with Gasteiger partial charge in [-0.15, -0.1) is 0 Å². The van der Waals surface area contributed by atoms with Gasteiger partial charge in [-0.2, -0.15) is 5.26 Å². The summed E-state index contributed by atoms with van der Waals surface area (Å²) in [7, 11) is -0.197. The van der Waals surface area contributed by atoms with E-state index >= 15 is 4.39 Å². The van der Waals surface area contributed by atoms with Gasteiger partial charge in [-0.25, -0.2) is 24.0 Å². The summed E-state index contributed by atoms with van der Waals surface area (Å²) in [6.45, 7) is 8.43. The minimum Gasteiger partial charge on any atom is -0.497 e. The first kappa shape index (κ1) is 36.2. The number of halogens is 1. The number of methoxy groups -OCH3 is 1. The van der Waals surface area contributed by atoms with Crippen LogP contribution in [0.2, 0.25) is 0 Å². The normalized spacial score (nSPS) is 19.8. The van der Waals surface area contributed by atoms with Gasteiger partial charge in [0.2, 0.25) is 0 Å². The Hall–Kier alpha value is -4.09. The highest BCUT2D eigenvalue weighted by Crippen LogP contribution is 2.50. The number of nitrogens with zero attached hydrogens (tertiary/aromatic N) is 6. The Morgan fingerprint density at radius 2 is 1.84 bits per heavy atom. The number of imidazole rings is 1. The lowest BCUT2D eigenvalue weighted by Crippen LogP contribution is -2.39. The van der Waals surface area contributed by atoms with Crippen LogP contribution >= 0.6 is 8.53 Å². The first-order chi connectivity index (χ1) is 23.7. The smallest absolute Gasteiger partial charge is 0.259 e. The van der Waals surface area contributed by atoms with Crippen molar-refractivity contribution in [2.24, 2.45) is 0 Å². The number of anilines is 1. The molecule has 13 nitrogen and oxygen atoms in total. The van der Waals surface area contributed by atoms with Crippen molar-refractivity contribution in [3.8, 4) is 11.8 Å². The molecule has 2 aromatic carbocycles. The Kier molecular flexibility index (Phi) is 12.6. The maximum absolute atomic E-state index is 16.8. The van der Waals surface area contributed by atoms with Crippen molar-refractivity contribution in [3.05, 3.63) is 78.4 Å². The van der Waals surface area contributed by atoms with Crippen LogP contribution < -0.4 is 10.1 Å². The molecule has 1 aliphatic heterocycles. The second-order valence-electron chi connectivity index (χ2n) is 11.9. The van der Waals surface area contributed by atoms with Crippen molar-refractivity contribution in [1.29, 1.82) is 5.26 Å². The number of rotatable bonds is 16. The molecule has 1 fully saturated rings. The number of carbonyl (C=O) groups excluding carboxylic acids is 1. The molecule has 0 radical (unpaired) electrons. The van der Waals surface area contributed by atoms with Crippen LogP contribution in [0.15, 0.2) is 67.3 Å². The Morgan fingerprint density at radius 3 is 2.51 bits per heavy atom. The van der Waals surface area contributed by atoms with E-state index in [1.807, 2.05) is 62.7 Å². The van der Waals surface area contributed by atoms with Crippen molar-refractivity contribution in [1.82, 2.24) is 24.2 Å². The minimum atomic E-state index is -1.80. The van der Waals surface area contributed by atoms with E-state index in [1.165, 1.54) is 17.2 Å². The van der Waals surface area contributed by atoms with Gasteiger partial charge in [0.15, 0.2) is 29.4 Å². The second kappa shape index (κ2) is 17.0. The molecule has 5 atom stereocenters. The standard InChI is InChI=1S/C34H41FN7O6P/c1-22(2)42(23(3)4)49(46-17-9-16-36)48-30-27(19-45-18-24-12-14-26(44-5)15-13-24)47-34(28(30)35)41-21-39-29-31(37-20-38-32(29)41)40-33(43)25-10-7-6-8-11-25/h6-8,10-15,20-23,27-28,30,34H,9,17-19H2,1-5H3,(H,37,38,40,43)/t27-,28-,30-,34-,49?/m1/s1. The third-order valence-corrected chi connectivity index (χ3v) is 9.88. The minimum absolute atomic E-state index is 0.00737. The molecule has 0 aliphatic carbocycles. The summed E-state index contributed by atoms with van der Waals surface area (Å²) in [5, 5.41) is 11.9. The van der Waals surface area contributed by atoms with Crippen LogP contribution in [0, 0.1) is 11.3 Å². The Bertz CT molecular complexity index is 1700. The number of amides is 1. The van der Waals surface area contributed by atoms with E-state index in [1.54, 1.807) is 31.4 Å². The quantitative estimate of drug-likeness (QED) is 0.106. The molecule has 5 rings (SSSR count). The van der Waals surface area contributed by atoms with Gasteiger partial charge in [0.25, 0.3) is 14.4 Å². The van der Waals surface area contributed by atoms with Crippen molar-refractivity contribution >= 4 is 31.4 Å². The van der Waals surface area contributed by atoms with Gasteiger partial charge in [-0.1, -0.05) is 30.3 Å². The Morgan fingerprint density at radius 1 is 1.10 bits per heavy atom. The fourth-order valence-corrected chi connectivity index (χ4v) is 7.26. The SMILES string of the molecule is COc1ccc(COC[C@H]2O[C@@H](n3cnc4c(NC(=O)c5ccccc5)ncnc43)[C@H](F)[C@@H]2OP(OCCC#N)N(C(C)C)C(C)C)cc1. The molecule has 49 heavy (non-hydrogen) atoms. The number of carbonyl (C=O) groups is 1. The van der Waals surface area contributed by atoms with Crippen LogP contribution in [0.3, 0.4) is 0 Å². The van der Waals surface area contributed by atoms with E-state index in [4.69, 9.17) is 28.5 Å². The fourth-order valence-electron chi connectivity index (χ4n) is 5.49. The van der Waals surface area contributed by atoms with Gasteiger partial charge in [-0.05, 0) is 57.5 Å². The number of alkyl halides is 1. The van der Waals surface area contributed by atoms with E-state index in [0.717, 1.165) is 11.3 Å². The highest BCUT2D eigenvalue weighted by Gasteiger charge is 2.50. The van der Waals surface area contributed by atoms with Crippen LogP contribution in [0.25, 0.3) is 11.2 Å². The summed E-state index contributed by atoms with van der Waals surface area (Å²) >= 11 is 0. The summed E-state index contributed by atoms with van der Waals surface area (Å²) < 4.78 is 50.5. The molecule has 4 aromatic rings. The molecule has 1 unspecified atom stereocenters. The summed E-state index contributed by atoms with van der Waals surface area (Å²) in [6.07, 6.45) is -2.00. The number of ether oxygens (including phenoxy) is 3. The zero-order chi connectivity index (χ0) is 34.9. The third-order valence-electron chi connectivity index (χ3n) is 7.75. The molecule has 15 heteroatoms. The maximum Gasteiger partial charge on any atom is 0.259 e. The average molecular weight is 694 g/mol. The Balaban J connectivity index is 1.41. The van der Waals surface area contributed by atoms with Crippen molar-refractivity contribution in [2.75, 3.05) is 25.6 Å². The number of aromatic nitrogens is 4. The summed E-state index contributed by atoms with van der Waals surface area (Å²) in [6, 6.07) is 18.3. The van der Waals surface area contributed by atoms with Gasteiger partial charge in [0.1, 0.15) is 24.3 Å². The number of nitrogens with one attached hydrogen (secondary N) is 1. The van der Waals surface area contributed by atoms with E-state index in [0.29, 0.717) is 5.56 Å². The second-order valence-corrected chi connectivity index (χ2v) is 13.3. The summed E-state index contributed by atoms with van der Waals surface area (Å²) in [4.78, 5) is 25.9. The lowest BCUT2D eigenvalue weighted by Gasteiger charge is -2.37. The van der Waals surface area contributed by atoms with Gasteiger partial charge in [-0.3, -0.25) is 9.36 Å². The maximum atomic E-state index is 16.8. The molecule has 0 saturated carbocycles. The molecule has 1 aliphatic rings. The molecule has 3 heterocycles. The lowest BCUT2D eigenvalue weighted by molar-refractivity contribution is -0.0644. The number of fused-ring (bicyclic) bond motifs is 1. The van der Waals surface area contributed by atoms with Crippen LogP contribution in [0.5, 0.6) is 5.75 Å². The van der Waals surface area contributed by atoms with Gasteiger partial charge >= 0.3 is 0 Å². The first-order valence-corrected chi connectivity index (χ1v) is 17.1. The molecule has 1 amide bonds. The molecule has 260 valence electrons. The third kappa shape index (κ3) is 8.75. The summed E-state index contributed by atoms with van der Waals surface area (Å²) in [5.74, 6) is 0.531. The zero-order valence-corrected chi connectivity index (χ0v) is 29.0. The predicted molar refractivity (Wildman–Crippen MR) is 181 cm³/mol. The monoisotopic (exact) mass is 693 g/mol. The number of nitriles is 1. The van der Waals surface area contributed by atoms with Gasteiger partial charge < -0.3 is 28.6 Å². The van der Waals surface area contributed by atoms with Crippen molar-refractivity contribution in [3.63, 3.8) is 0 Å². The molecule has 1 saturated heterocycles. The van der Waals surface area contributed by atoms with Crippen LogP contribution in [-0.2, 0) is 25.1 Å². The van der Waals surface area contributed by atoms with Crippen LogP contribution in [-0.4, -0.2) is 80.9 Å². The molecule has 0 bridgehead atoms. The van der Waals surface area contributed by atoms with Crippen molar-refractivity contribution < 1.29 is 32.4 Å². The fraction of sp³-hybridized carbons (Fsp3) is 0.441. The topological polar surface area (TPSA) is 146 Å². The summed E-state index contributed by atoms with van der Waals surface area (Å²) in [5.41, 5.74) is 1.88. The number of benzene rings is 2. The lowest BCUT2D eigenvalue weighted by atomic mass is 10.1. The molecular weight excluding hydrogens is 652 g/mol. The molecular formula is C34H41FN7O6P. The first-order valence-electron chi connectivity index (χ1n) is 16.0. The highest BCUT2D eigenvalue weighted by atomic mass is 31.2. The van der Waals surface area contributed by atoms with Crippen molar-refractivity contribution in [2.45, 2.75) is 77.4 Å². The van der Waals surface area contributed by atoms with E-state index in [9.17, 15) is 4.79 Å². The number of hydrogen-bond donors (Lipinski definition) is 1. The number of hydrogen-bond acceptors (Lipinski definition) is 11. The predicted octanol–water partition coefficient (Wildman–Crippen LogP) is 6.20. The zero-order valence-electron chi connectivity index (χ0n) is 28.1. The molecule has 2 aromatic heterocycles. The van der Waals surface area contributed by atoms with Gasteiger partial charge in [0.05, 0.1) is 45.7 Å². The van der Waals surface area contributed by atoms with E-state index in [2.05, 4.69) is 26.3 Å². The van der Waals surface area contributed by atoms with E-state index < -0.39 is 33.1 Å². The van der Waals surface area contributed by atoms with Gasteiger partial charge in [0, 0.05) is 17.6 Å². The van der Waals surface area contributed by atoms with Crippen LogP contribution in [0.4, 0.5) is 10.2 Å². The van der Waals surface area contributed by atoms with E-state index in [-0.39, 0.29) is 61.2 Å². The molecule has 1 N–H and O–H groups in total.